The van der Waals surface area contributed by atoms with Gasteiger partial charge in [-0.25, -0.2) is 4.98 Å². The number of pyridine rings is 1. The van der Waals surface area contributed by atoms with E-state index < -0.39 is 0 Å². The molecule has 0 aliphatic heterocycles. The lowest BCUT2D eigenvalue weighted by atomic mass is 10.1. The quantitative estimate of drug-likeness (QED) is 0.710. The number of benzene rings is 2. The van der Waals surface area contributed by atoms with Gasteiger partial charge in [0.25, 0.3) is 0 Å². The Morgan fingerprint density at radius 2 is 1.78 bits per heavy atom. The minimum Gasteiger partial charge on any atom is -0.325 e. The highest BCUT2D eigenvalue weighted by atomic mass is 32.2. The molecular formula is C19H18N2OS. The van der Waals surface area contributed by atoms with Crippen molar-refractivity contribution in [3.8, 4) is 0 Å². The van der Waals surface area contributed by atoms with Crippen LogP contribution in [0.25, 0.3) is 10.9 Å². The first-order valence-electron chi connectivity index (χ1n) is 7.52. The van der Waals surface area contributed by atoms with Gasteiger partial charge in [0.1, 0.15) is 0 Å². The molecule has 3 rings (SSSR count). The number of nitrogens with one attached hydrogen (secondary N) is 1. The van der Waals surface area contributed by atoms with E-state index in [2.05, 4.69) is 23.3 Å². The van der Waals surface area contributed by atoms with E-state index in [1.54, 1.807) is 0 Å². The van der Waals surface area contributed by atoms with Gasteiger partial charge in [0.15, 0.2) is 0 Å². The number of hydrogen-bond donors (Lipinski definition) is 1. The fraction of sp³-hybridized carbons (Fsp3) is 0.158. The first kappa shape index (κ1) is 15.6. The molecule has 0 saturated carbocycles. The van der Waals surface area contributed by atoms with Gasteiger partial charge in [0.2, 0.25) is 5.91 Å². The predicted molar refractivity (Wildman–Crippen MR) is 96.9 cm³/mol. The number of nitrogens with zero attached hydrogens (tertiary/aromatic N) is 1. The molecule has 23 heavy (non-hydrogen) atoms. The van der Waals surface area contributed by atoms with Crippen molar-refractivity contribution in [2.75, 3.05) is 5.32 Å². The van der Waals surface area contributed by atoms with Crippen LogP contribution in [0.4, 0.5) is 5.69 Å². The van der Waals surface area contributed by atoms with E-state index in [0.29, 0.717) is 0 Å². The molecule has 3 aromatic rings. The predicted octanol–water partition coefficient (Wildman–Crippen LogP) is 4.66. The summed E-state index contributed by atoms with van der Waals surface area (Å²) in [5.41, 5.74) is 2.95. The van der Waals surface area contributed by atoms with Crippen molar-refractivity contribution < 1.29 is 4.79 Å². The summed E-state index contributed by atoms with van der Waals surface area (Å²) in [7, 11) is 0. The van der Waals surface area contributed by atoms with Crippen molar-refractivity contribution in [1.29, 1.82) is 0 Å². The number of carbonyl (C=O) groups is 1. The molecule has 0 bridgehead atoms. The van der Waals surface area contributed by atoms with Gasteiger partial charge in [-0.1, -0.05) is 48.2 Å². The number of thioether (sulfide) groups is 1. The largest absolute Gasteiger partial charge is 0.325 e. The van der Waals surface area contributed by atoms with Crippen molar-refractivity contribution in [1.82, 2.24) is 4.98 Å². The van der Waals surface area contributed by atoms with Crippen molar-refractivity contribution in [3.05, 3.63) is 66.2 Å². The van der Waals surface area contributed by atoms with E-state index in [9.17, 15) is 4.79 Å². The fourth-order valence-corrected chi connectivity index (χ4v) is 3.30. The Balaban J connectivity index is 1.74. The number of hydrogen-bond acceptors (Lipinski definition) is 3. The van der Waals surface area contributed by atoms with Gasteiger partial charge in [-0.05, 0) is 43.7 Å². The summed E-state index contributed by atoms with van der Waals surface area (Å²) in [4.78, 5) is 17.0. The number of carbonyl (C=O) groups excluding carboxylic acids is 1. The van der Waals surface area contributed by atoms with Gasteiger partial charge in [0, 0.05) is 11.1 Å². The normalized spacial score (nSPS) is 12.1. The second-order valence-electron chi connectivity index (χ2n) is 5.41. The summed E-state index contributed by atoms with van der Waals surface area (Å²) < 4.78 is 0. The Hall–Kier alpha value is -2.33. The Labute approximate surface area is 140 Å². The van der Waals surface area contributed by atoms with Crippen LogP contribution in [-0.4, -0.2) is 16.1 Å². The lowest BCUT2D eigenvalue weighted by molar-refractivity contribution is -0.115. The lowest BCUT2D eigenvalue weighted by Gasteiger charge is -2.12. The zero-order chi connectivity index (χ0) is 16.2. The number of fused-ring (bicyclic) bond motifs is 1. The molecular weight excluding hydrogens is 304 g/mol. The molecule has 1 amide bonds. The summed E-state index contributed by atoms with van der Waals surface area (Å²) in [5, 5.41) is 4.73. The maximum Gasteiger partial charge on any atom is 0.237 e. The van der Waals surface area contributed by atoms with Crippen molar-refractivity contribution in [2.45, 2.75) is 24.1 Å². The Kier molecular flexibility index (Phi) is 4.63. The zero-order valence-corrected chi connectivity index (χ0v) is 13.9. The van der Waals surface area contributed by atoms with Crippen LogP contribution in [0.15, 0.2) is 65.7 Å². The molecule has 2 aromatic carbocycles. The molecule has 0 spiro atoms. The highest BCUT2D eigenvalue weighted by molar-refractivity contribution is 8.00. The first-order chi connectivity index (χ1) is 11.1. The average Bonchev–Trinajstić information content (AvgIpc) is 2.56. The van der Waals surface area contributed by atoms with E-state index >= 15 is 0 Å². The van der Waals surface area contributed by atoms with Crippen LogP contribution < -0.4 is 5.32 Å². The third-order valence-corrected chi connectivity index (χ3v) is 4.63. The number of amides is 1. The molecule has 4 heteroatoms. The lowest BCUT2D eigenvalue weighted by Crippen LogP contribution is -2.22. The van der Waals surface area contributed by atoms with E-state index in [1.807, 2.05) is 61.5 Å². The molecule has 0 radical (unpaired) electrons. The van der Waals surface area contributed by atoms with E-state index in [0.717, 1.165) is 21.6 Å². The van der Waals surface area contributed by atoms with Crippen LogP contribution in [0.1, 0.15) is 12.5 Å². The Morgan fingerprint density at radius 1 is 1.09 bits per heavy atom. The molecule has 1 heterocycles. The molecule has 0 fully saturated rings. The van der Waals surface area contributed by atoms with Crippen molar-refractivity contribution >= 4 is 34.3 Å². The number of aromatic nitrogens is 1. The number of rotatable bonds is 4. The topological polar surface area (TPSA) is 42.0 Å². The molecule has 116 valence electrons. The second kappa shape index (κ2) is 6.84. The number of para-hydroxylation sites is 2. The third-order valence-electron chi connectivity index (χ3n) is 3.61. The number of aryl methyl sites for hydroxylation is 1. The zero-order valence-electron chi connectivity index (χ0n) is 13.1. The molecule has 0 aliphatic rings. The second-order valence-corrected chi connectivity index (χ2v) is 6.77. The highest BCUT2D eigenvalue weighted by Gasteiger charge is 2.16. The molecule has 1 aromatic heterocycles. The van der Waals surface area contributed by atoms with Gasteiger partial charge in [-0.3, -0.25) is 4.79 Å². The van der Waals surface area contributed by atoms with Gasteiger partial charge in [0.05, 0.1) is 15.8 Å². The third kappa shape index (κ3) is 3.71. The Bertz CT molecular complexity index is 833. The van der Waals surface area contributed by atoms with Crippen molar-refractivity contribution in [3.63, 3.8) is 0 Å². The SMILES string of the molecule is Cc1cc(SC(C)C(=O)Nc2ccccc2)nc2ccccc12. The van der Waals surface area contributed by atoms with Crippen LogP contribution in [0.2, 0.25) is 0 Å². The minimum atomic E-state index is -0.219. The minimum absolute atomic E-state index is 0.0196. The van der Waals surface area contributed by atoms with Crippen LogP contribution in [0, 0.1) is 6.92 Å². The average molecular weight is 322 g/mol. The maximum absolute atomic E-state index is 12.3. The van der Waals surface area contributed by atoms with Gasteiger partial charge in [-0.15, -0.1) is 0 Å². The standard InChI is InChI=1S/C19H18N2OS/c1-13-12-18(21-17-11-7-6-10-16(13)17)23-14(2)19(22)20-15-8-4-3-5-9-15/h3-12,14H,1-2H3,(H,20,22). The van der Waals surface area contributed by atoms with Crippen LogP contribution >= 0.6 is 11.8 Å². The van der Waals surface area contributed by atoms with Gasteiger partial charge in [-0.2, -0.15) is 0 Å². The smallest absolute Gasteiger partial charge is 0.237 e. The summed E-state index contributed by atoms with van der Waals surface area (Å²) >= 11 is 1.48. The monoisotopic (exact) mass is 322 g/mol. The van der Waals surface area contributed by atoms with E-state index in [1.165, 1.54) is 17.3 Å². The molecule has 1 N–H and O–H groups in total. The van der Waals surface area contributed by atoms with Crippen molar-refractivity contribution in [2.24, 2.45) is 0 Å². The molecule has 0 saturated heterocycles. The summed E-state index contributed by atoms with van der Waals surface area (Å²) in [5.74, 6) is -0.0196. The van der Waals surface area contributed by atoms with Crippen LogP contribution in [-0.2, 0) is 4.79 Å². The van der Waals surface area contributed by atoms with E-state index in [-0.39, 0.29) is 11.2 Å². The Morgan fingerprint density at radius 3 is 2.57 bits per heavy atom. The number of anilines is 1. The molecule has 0 aliphatic carbocycles. The molecule has 1 unspecified atom stereocenters. The van der Waals surface area contributed by atoms with Gasteiger partial charge >= 0.3 is 0 Å². The van der Waals surface area contributed by atoms with E-state index in [4.69, 9.17) is 0 Å². The van der Waals surface area contributed by atoms with Gasteiger partial charge < -0.3 is 5.32 Å². The van der Waals surface area contributed by atoms with Crippen LogP contribution in [0.5, 0.6) is 0 Å². The maximum atomic E-state index is 12.3. The highest BCUT2D eigenvalue weighted by Crippen LogP contribution is 2.27. The molecule has 1 atom stereocenters. The summed E-state index contributed by atoms with van der Waals surface area (Å²) in [6, 6.07) is 19.6. The molecule has 3 nitrogen and oxygen atoms in total. The summed E-state index contributed by atoms with van der Waals surface area (Å²) in [6.07, 6.45) is 0. The fourth-order valence-electron chi connectivity index (χ4n) is 2.38. The van der Waals surface area contributed by atoms with Crippen LogP contribution in [0.3, 0.4) is 0 Å². The first-order valence-corrected chi connectivity index (χ1v) is 8.40. The summed E-state index contributed by atoms with van der Waals surface area (Å²) in [6.45, 7) is 3.97.